The average molecular weight is 301 g/mol. The smallest absolute Gasteiger partial charge is 0.348 e. The van der Waals surface area contributed by atoms with Gasteiger partial charge in [0.25, 0.3) is 0 Å². The number of nitrogens with one attached hydrogen (secondary N) is 1. The van der Waals surface area contributed by atoms with Gasteiger partial charge in [0.2, 0.25) is 0 Å². The summed E-state index contributed by atoms with van der Waals surface area (Å²) in [4.78, 5) is 12.0. The van der Waals surface area contributed by atoms with Crippen molar-refractivity contribution in [3.8, 4) is 5.69 Å². The minimum absolute atomic E-state index is 0.312. The number of halogens is 1. The van der Waals surface area contributed by atoms with Gasteiger partial charge in [0, 0.05) is 12.1 Å². The van der Waals surface area contributed by atoms with Gasteiger partial charge in [-0.2, -0.15) is 5.10 Å². The topological polar surface area (TPSA) is 76.7 Å². The normalized spacial score (nSPS) is 10.7. The minimum atomic E-state index is -0.312. The molecule has 0 radical (unpaired) electrons. The van der Waals surface area contributed by atoms with Crippen molar-refractivity contribution in [3.63, 3.8) is 0 Å². The molecular formula is C15H13ClN4O. The number of hydrogen-bond acceptors (Lipinski definition) is 3. The van der Waals surface area contributed by atoms with E-state index in [-0.39, 0.29) is 5.69 Å². The monoisotopic (exact) mass is 300 g/mol. The highest BCUT2D eigenvalue weighted by Gasteiger charge is 2.13. The van der Waals surface area contributed by atoms with Gasteiger partial charge in [0.15, 0.2) is 0 Å². The van der Waals surface area contributed by atoms with Crippen LogP contribution in [0.4, 0.5) is 5.69 Å². The second kappa shape index (κ2) is 5.46. The van der Waals surface area contributed by atoms with E-state index in [0.717, 1.165) is 5.56 Å². The Balaban J connectivity index is 2.04. The zero-order valence-corrected chi connectivity index (χ0v) is 11.8. The van der Waals surface area contributed by atoms with E-state index in [1.54, 1.807) is 12.1 Å². The van der Waals surface area contributed by atoms with E-state index < -0.39 is 0 Å². The molecule has 5 nitrogen and oxygen atoms in total. The van der Waals surface area contributed by atoms with Gasteiger partial charge in [-0.3, -0.25) is 0 Å². The predicted octanol–water partition coefficient (Wildman–Crippen LogP) is 2.39. The SMILES string of the molecule is Nc1ccc(Cc2n[nH]c(=O)n2-c2ccccc2Cl)cc1. The van der Waals surface area contributed by atoms with E-state index in [4.69, 9.17) is 17.3 Å². The Morgan fingerprint density at radius 1 is 1.14 bits per heavy atom. The molecule has 1 aromatic heterocycles. The highest BCUT2D eigenvalue weighted by Crippen LogP contribution is 2.20. The number of nitrogens with zero attached hydrogens (tertiary/aromatic N) is 2. The quantitative estimate of drug-likeness (QED) is 0.729. The third-order valence-electron chi connectivity index (χ3n) is 3.18. The standard InChI is InChI=1S/C15H13ClN4O/c16-12-3-1-2-4-13(12)20-14(18-19-15(20)21)9-10-5-7-11(17)8-6-10/h1-8H,9,17H2,(H,19,21). The maximum absolute atomic E-state index is 12.0. The zero-order chi connectivity index (χ0) is 14.8. The molecule has 0 spiro atoms. The van der Waals surface area contributed by atoms with E-state index in [1.807, 2.05) is 36.4 Å². The molecule has 0 aliphatic rings. The van der Waals surface area contributed by atoms with Gasteiger partial charge in [-0.05, 0) is 29.8 Å². The minimum Gasteiger partial charge on any atom is -0.399 e. The molecule has 3 aromatic rings. The van der Waals surface area contributed by atoms with E-state index in [2.05, 4.69) is 10.2 Å². The molecule has 0 fully saturated rings. The van der Waals surface area contributed by atoms with Crippen molar-refractivity contribution >= 4 is 17.3 Å². The summed E-state index contributed by atoms with van der Waals surface area (Å²) in [6, 6.07) is 14.6. The maximum Gasteiger partial charge on any atom is 0.348 e. The summed E-state index contributed by atoms with van der Waals surface area (Å²) >= 11 is 6.17. The number of rotatable bonds is 3. The van der Waals surface area contributed by atoms with Gasteiger partial charge < -0.3 is 5.73 Å². The summed E-state index contributed by atoms with van der Waals surface area (Å²) in [7, 11) is 0. The lowest BCUT2D eigenvalue weighted by atomic mass is 10.1. The molecule has 0 aliphatic carbocycles. The first kappa shape index (κ1) is 13.5. The molecule has 1 heterocycles. The third kappa shape index (κ3) is 2.68. The second-order valence-corrected chi connectivity index (χ2v) is 5.06. The molecule has 3 rings (SSSR count). The molecule has 106 valence electrons. The van der Waals surface area contributed by atoms with E-state index in [1.165, 1.54) is 4.57 Å². The average Bonchev–Trinajstić information content (AvgIpc) is 2.83. The molecule has 0 saturated heterocycles. The number of aromatic amines is 1. The van der Waals surface area contributed by atoms with Crippen LogP contribution in [0.5, 0.6) is 0 Å². The maximum atomic E-state index is 12.0. The lowest BCUT2D eigenvalue weighted by Crippen LogP contribution is -2.17. The van der Waals surface area contributed by atoms with Crippen LogP contribution >= 0.6 is 11.6 Å². The first-order chi connectivity index (χ1) is 10.1. The van der Waals surface area contributed by atoms with Crippen molar-refractivity contribution in [3.05, 3.63) is 75.4 Å². The number of aromatic nitrogens is 3. The largest absolute Gasteiger partial charge is 0.399 e. The lowest BCUT2D eigenvalue weighted by Gasteiger charge is -2.07. The summed E-state index contributed by atoms with van der Waals surface area (Å²) < 4.78 is 1.48. The van der Waals surface area contributed by atoms with Crippen molar-refractivity contribution in [2.45, 2.75) is 6.42 Å². The number of nitrogens with two attached hydrogens (primary N) is 1. The molecule has 21 heavy (non-hydrogen) atoms. The number of H-pyrrole nitrogens is 1. The molecule has 0 amide bonds. The van der Waals surface area contributed by atoms with Crippen molar-refractivity contribution in [1.29, 1.82) is 0 Å². The third-order valence-corrected chi connectivity index (χ3v) is 3.50. The Labute approximate surface area is 126 Å². The van der Waals surface area contributed by atoms with Crippen LogP contribution in [-0.2, 0) is 6.42 Å². The number of hydrogen-bond donors (Lipinski definition) is 2. The Kier molecular flexibility index (Phi) is 3.50. The first-order valence-corrected chi connectivity index (χ1v) is 6.78. The van der Waals surface area contributed by atoms with Gasteiger partial charge in [-0.25, -0.2) is 14.5 Å². The van der Waals surface area contributed by atoms with E-state index >= 15 is 0 Å². The molecule has 6 heteroatoms. The lowest BCUT2D eigenvalue weighted by molar-refractivity contribution is 0.893. The van der Waals surface area contributed by atoms with Crippen molar-refractivity contribution in [1.82, 2.24) is 14.8 Å². The fourth-order valence-corrected chi connectivity index (χ4v) is 2.37. The number of para-hydroxylation sites is 1. The summed E-state index contributed by atoms with van der Waals surface area (Å²) in [5.74, 6) is 0.595. The van der Waals surface area contributed by atoms with Crippen LogP contribution in [0.25, 0.3) is 5.69 Å². The summed E-state index contributed by atoms with van der Waals surface area (Å²) in [5, 5.41) is 7.05. The van der Waals surface area contributed by atoms with Crippen LogP contribution in [-0.4, -0.2) is 14.8 Å². The van der Waals surface area contributed by atoms with Crippen LogP contribution in [0, 0.1) is 0 Å². The van der Waals surface area contributed by atoms with Crippen molar-refractivity contribution in [2.75, 3.05) is 5.73 Å². The van der Waals surface area contributed by atoms with E-state index in [0.29, 0.717) is 28.6 Å². The molecule has 3 N–H and O–H groups in total. The molecular weight excluding hydrogens is 288 g/mol. The van der Waals surface area contributed by atoms with Crippen LogP contribution in [0.2, 0.25) is 5.02 Å². The van der Waals surface area contributed by atoms with Crippen molar-refractivity contribution < 1.29 is 0 Å². The molecule has 0 atom stereocenters. The van der Waals surface area contributed by atoms with Gasteiger partial charge in [0.1, 0.15) is 5.82 Å². The van der Waals surface area contributed by atoms with Crippen molar-refractivity contribution in [2.24, 2.45) is 0 Å². The highest BCUT2D eigenvalue weighted by molar-refractivity contribution is 6.32. The van der Waals surface area contributed by atoms with Crippen LogP contribution in [0.1, 0.15) is 11.4 Å². The first-order valence-electron chi connectivity index (χ1n) is 6.41. The van der Waals surface area contributed by atoms with Crippen LogP contribution in [0.3, 0.4) is 0 Å². The Morgan fingerprint density at radius 3 is 2.57 bits per heavy atom. The van der Waals surface area contributed by atoms with Crippen LogP contribution in [0.15, 0.2) is 53.3 Å². The Morgan fingerprint density at radius 2 is 1.86 bits per heavy atom. The predicted molar refractivity (Wildman–Crippen MR) is 82.9 cm³/mol. The Bertz CT molecular complexity index is 820. The molecule has 2 aromatic carbocycles. The fourth-order valence-electron chi connectivity index (χ4n) is 2.15. The Hall–Kier alpha value is -2.53. The number of nitrogen functional groups attached to an aromatic ring is 1. The zero-order valence-electron chi connectivity index (χ0n) is 11.1. The summed E-state index contributed by atoms with van der Waals surface area (Å²) in [5.41, 5.74) is 7.68. The van der Waals surface area contributed by atoms with E-state index in [9.17, 15) is 4.79 Å². The number of benzene rings is 2. The molecule has 0 aliphatic heterocycles. The van der Waals surface area contributed by atoms with Gasteiger partial charge in [-0.1, -0.05) is 35.9 Å². The second-order valence-electron chi connectivity index (χ2n) is 4.65. The van der Waals surface area contributed by atoms with Gasteiger partial charge in [-0.15, -0.1) is 0 Å². The van der Waals surface area contributed by atoms with Crippen LogP contribution < -0.4 is 11.4 Å². The number of anilines is 1. The molecule has 0 unspecified atom stereocenters. The summed E-state index contributed by atoms with van der Waals surface area (Å²) in [6.07, 6.45) is 0.504. The summed E-state index contributed by atoms with van der Waals surface area (Å²) in [6.45, 7) is 0. The highest BCUT2D eigenvalue weighted by atomic mass is 35.5. The van der Waals surface area contributed by atoms with Gasteiger partial charge in [0.05, 0.1) is 10.7 Å². The fraction of sp³-hybridized carbons (Fsp3) is 0.0667. The van der Waals surface area contributed by atoms with Gasteiger partial charge >= 0.3 is 5.69 Å². The molecule has 0 saturated carbocycles. The molecule has 0 bridgehead atoms.